The number of nitrogens with zero attached hydrogens (tertiary/aromatic N) is 2. The van der Waals surface area contributed by atoms with Gasteiger partial charge in [0.15, 0.2) is 0 Å². The van der Waals surface area contributed by atoms with Crippen LogP contribution in [0, 0.1) is 16.7 Å². The van der Waals surface area contributed by atoms with Crippen LogP contribution >= 0.6 is 0 Å². The lowest BCUT2D eigenvalue weighted by molar-refractivity contribution is 0.160. The second-order valence-electron chi connectivity index (χ2n) is 6.25. The van der Waals surface area contributed by atoms with E-state index in [-0.39, 0.29) is 0 Å². The van der Waals surface area contributed by atoms with Gasteiger partial charge in [-0.15, -0.1) is 0 Å². The van der Waals surface area contributed by atoms with Crippen molar-refractivity contribution in [3.8, 4) is 6.07 Å². The number of piperidine rings is 1. The summed E-state index contributed by atoms with van der Waals surface area (Å²) in [5, 5.41) is 8.79. The Morgan fingerprint density at radius 2 is 1.57 bits per heavy atom. The molecule has 2 fully saturated rings. The second-order valence-corrected chi connectivity index (χ2v) is 8.19. The molecular weight excluding hydrogens is 284 g/mol. The van der Waals surface area contributed by atoms with Crippen molar-refractivity contribution in [1.29, 1.82) is 5.26 Å². The van der Waals surface area contributed by atoms with Crippen molar-refractivity contribution < 1.29 is 8.42 Å². The van der Waals surface area contributed by atoms with Crippen LogP contribution in [0.3, 0.4) is 0 Å². The number of hydrogen-bond acceptors (Lipinski definition) is 3. The average Bonchev–Trinajstić information content (AvgIpc) is 2.96. The largest absolute Gasteiger partial charge is 0.243 e. The molecule has 1 spiro atoms. The fourth-order valence-electron chi connectivity index (χ4n) is 3.68. The zero-order valence-corrected chi connectivity index (χ0v) is 12.9. The molecule has 1 aromatic carbocycles. The van der Waals surface area contributed by atoms with Gasteiger partial charge in [-0.2, -0.15) is 9.57 Å². The lowest BCUT2D eigenvalue weighted by atomic mass is 9.78. The molecule has 0 aromatic heterocycles. The van der Waals surface area contributed by atoms with Crippen molar-refractivity contribution in [2.24, 2.45) is 5.41 Å². The van der Waals surface area contributed by atoms with Crippen LogP contribution < -0.4 is 0 Å². The molecular formula is C16H20N2O2S. The van der Waals surface area contributed by atoms with E-state index >= 15 is 0 Å². The highest BCUT2D eigenvalue weighted by Gasteiger charge is 2.39. The molecule has 0 N–H and O–H groups in total. The molecule has 3 rings (SSSR count). The zero-order chi connectivity index (χ0) is 14.9. The van der Waals surface area contributed by atoms with E-state index in [0.717, 1.165) is 12.8 Å². The molecule has 0 amide bonds. The minimum atomic E-state index is -3.41. The first-order chi connectivity index (χ1) is 10.1. The summed E-state index contributed by atoms with van der Waals surface area (Å²) in [7, 11) is -3.41. The Morgan fingerprint density at radius 3 is 2.10 bits per heavy atom. The maximum atomic E-state index is 12.6. The fraction of sp³-hybridized carbons (Fsp3) is 0.562. The van der Waals surface area contributed by atoms with Gasteiger partial charge in [0.05, 0.1) is 16.5 Å². The van der Waals surface area contributed by atoms with Crippen LogP contribution in [0.25, 0.3) is 0 Å². The van der Waals surface area contributed by atoms with Gasteiger partial charge in [-0.1, -0.05) is 12.8 Å². The highest BCUT2D eigenvalue weighted by molar-refractivity contribution is 7.89. The molecule has 0 radical (unpaired) electrons. The van der Waals surface area contributed by atoms with Gasteiger partial charge in [0.1, 0.15) is 0 Å². The Kier molecular flexibility index (Phi) is 3.76. The molecule has 1 heterocycles. The molecule has 1 saturated heterocycles. The van der Waals surface area contributed by atoms with E-state index in [1.807, 2.05) is 6.07 Å². The van der Waals surface area contributed by atoms with E-state index in [4.69, 9.17) is 5.26 Å². The molecule has 0 atom stereocenters. The minimum absolute atomic E-state index is 0.295. The SMILES string of the molecule is N#Cc1ccc(S(=O)(=O)N2CCC3(CCCC3)CC2)cc1. The van der Waals surface area contributed by atoms with Gasteiger partial charge in [-0.25, -0.2) is 8.42 Å². The van der Waals surface area contributed by atoms with Gasteiger partial charge >= 0.3 is 0 Å². The fourth-order valence-corrected chi connectivity index (χ4v) is 5.12. The Balaban J connectivity index is 1.75. The Bertz CT molecular complexity index is 643. The lowest BCUT2D eigenvalue weighted by Crippen LogP contribution is -2.42. The predicted octanol–water partition coefficient (Wildman–Crippen LogP) is 2.90. The summed E-state index contributed by atoms with van der Waals surface area (Å²) in [4.78, 5) is 0.295. The van der Waals surface area contributed by atoms with Gasteiger partial charge in [-0.3, -0.25) is 0 Å². The third-order valence-corrected chi connectivity index (χ3v) is 6.98. The van der Waals surface area contributed by atoms with Crippen LogP contribution in [0.15, 0.2) is 29.2 Å². The Morgan fingerprint density at radius 1 is 1.00 bits per heavy atom. The van der Waals surface area contributed by atoms with Gasteiger partial charge in [0.2, 0.25) is 10.0 Å². The molecule has 2 aliphatic rings. The summed E-state index contributed by atoms with van der Waals surface area (Å²) < 4.78 is 26.9. The molecule has 5 heteroatoms. The van der Waals surface area contributed by atoms with E-state index < -0.39 is 10.0 Å². The van der Waals surface area contributed by atoms with Crippen LogP contribution in [-0.4, -0.2) is 25.8 Å². The second kappa shape index (κ2) is 5.43. The molecule has 1 aromatic rings. The normalized spacial score (nSPS) is 22.2. The first kappa shape index (κ1) is 14.6. The van der Waals surface area contributed by atoms with Crippen LogP contribution in [-0.2, 0) is 10.0 Å². The lowest BCUT2D eigenvalue weighted by Gasteiger charge is -2.38. The molecule has 21 heavy (non-hydrogen) atoms. The topological polar surface area (TPSA) is 61.2 Å². The molecule has 1 aliphatic heterocycles. The van der Waals surface area contributed by atoms with Crippen LogP contribution in [0.5, 0.6) is 0 Å². The number of hydrogen-bond donors (Lipinski definition) is 0. The standard InChI is InChI=1S/C16H20N2O2S/c17-13-14-3-5-15(6-4-14)21(19,20)18-11-9-16(10-12-18)7-1-2-8-16/h3-6H,1-2,7-12H2. The zero-order valence-electron chi connectivity index (χ0n) is 12.1. The highest BCUT2D eigenvalue weighted by atomic mass is 32.2. The van der Waals surface area contributed by atoms with Crippen LogP contribution in [0.4, 0.5) is 0 Å². The summed E-state index contributed by atoms with van der Waals surface area (Å²) in [5.74, 6) is 0. The van der Waals surface area contributed by atoms with E-state index in [1.165, 1.54) is 37.8 Å². The summed E-state index contributed by atoms with van der Waals surface area (Å²) in [6.45, 7) is 1.25. The third kappa shape index (κ3) is 2.70. The average molecular weight is 304 g/mol. The van der Waals surface area contributed by atoms with Gasteiger partial charge < -0.3 is 0 Å². The van der Waals surface area contributed by atoms with Crippen molar-refractivity contribution in [3.63, 3.8) is 0 Å². The highest BCUT2D eigenvalue weighted by Crippen LogP contribution is 2.46. The maximum Gasteiger partial charge on any atom is 0.243 e. The smallest absolute Gasteiger partial charge is 0.207 e. The van der Waals surface area contributed by atoms with Gasteiger partial charge in [-0.05, 0) is 55.4 Å². The quantitative estimate of drug-likeness (QED) is 0.844. The van der Waals surface area contributed by atoms with Crippen molar-refractivity contribution >= 4 is 10.0 Å². The minimum Gasteiger partial charge on any atom is -0.207 e. The van der Waals surface area contributed by atoms with Gasteiger partial charge in [0, 0.05) is 13.1 Å². The van der Waals surface area contributed by atoms with Crippen LogP contribution in [0.1, 0.15) is 44.1 Å². The van der Waals surface area contributed by atoms with Crippen LogP contribution in [0.2, 0.25) is 0 Å². The number of benzene rings is 1. The molecule has 0 bridgehead atoms. The molecule has 4 nitrogen and oxygen atoms in total. The number of sulfonamides is 1. The Hall–Kier alpha value is -1.38. The first-order valence-corrected chi connectivity index (χ1v) is 9.00. The third-order valence-electron chi connectivity index (χ3n) is 5.07. The Labute approximate surface area is 126 Å². The summed E-state index contributed by atoms with van der Waals surface area (Å²) in [6.07, 6.45) is 7.09. The van der Waals surface area contributed by atoms with E-state index in [9.17, 15) is 8.42 Å². The van der Waals surface area contributed by atoms with E-state index in [0.29, 0.717) is 29.0 Å². The first-order valence-electron chi connectivity index (χ1n) is 7.56. The van der Waals surface area contributed by atoms with Crippen molar-refractivity contribution in [2.45, 2.75) is 43.4 Å². The monoisotopic (exact) mass is 304 g/mol. The molecule has 1 aliphatic carbocycles. The number of rotatable bonds is 2. The predicted molar refractivity (Wildman–Crippen MR) is 80.1 cm³/mol. The van der Waals surface area contributed by atoms with Crippen molar-refractivity contribution in [1.82, 2.24) is 4.31 Å². The molecule has 112 valence electrons. The number of nitriles is 1. The van der Waals surface area contributed by atoms with Gasteiger partial charge in [0.25, 0.3) is 0 Å². The summed E-state index contributed by atoms with van der Waals surface area (Å²) in [6, 6.07) is 8.21. The molecule has 0 unspecified atom stereocenters. The molecule has 1 saturated carbocycles. The van der Waals surface area contributed by atoms with Crippen molar-refractivity contribution in [2.75, 3.05) is 13.1 Å². The summed E-state index contributed by atoms with van der Waals surface area (Å²) in [5.41, 5.74) is 0.897. The van der Waals surface area contributed by atoms with Crippen molar-refractivity contribution in [3.05, 3.63) is 29.8 Å². The van der Waals surface area contributed by atoms with E-state index in [1.54, 1.807) is 16.4 Å². The van der Waals surface area contributed by atoms with E-state index in [2.05, 4.69) is 0 Å². The maximum absolute atomic E-state index is 12.6. The summed E-state index contributed by atoms with van der Waals surface area (Å²) >= 11 is 0.